The molecule has 0 unspecified atom stereocenters. The van der Waals surface area contributed by atoms with Crippen molar-refractivity contribution in [3.05, 3.63) is 35.0 Å². The lowest BCUT2D eigenvalue weighted by Gasteiger charge is -2.01. The second-order valence-corrected chi connectivity index (χ2v) is 3.90. The van der Waals surface area contributed by atoms with E-state index in [1.165, 1.54) is 11.3 Å². The molecule has 0 spiro atoms. The van der Waals surface area contributed by atoms with Crippen molar-refractivity contribution in [1.29, 1.82) is 0 Å². The van der Waals surface area contributed by atoms with Crippen LogP contribution in [0.25, 0.3) is 11.3 Å². The van der Waals surface area contributed by atoms with E-state index in [4.69, 9.17) is 5.73 Å². The summed E-state index contributed by atoms with van der Waals surface area (Å²) in [6.07, 6.45) is 0. The van der Waals surface area contributed by atoms with Crippen molar-refractivity contribution in [2.45, 2.75) is 6.92 Å². The van der Waals surface area contributed by atoms with Crippen molar-refractivity contribution in [3.8, 4) is 11.3 Å². The van der Waals surface area contributed by atoms with E-state index in [0.29, 0.717) is 22.0 Å². The SMILES string of the molecule is Cc1cccc(-c2csc(N)n2)c1F. The average molecular weight is 208 g/mol. The van der Waals surface area contributed by atoms with Gasteiger partial charge in [-0.15, -0.1) is 11.3 Å². The van der Waals surface area contributed by atoms with E-state index >= 15 is 0 Å². The minimum Gasteiger partial charge on any atom is -0.375 e. The van der Waals surface area contributed by atoms with Crippen LogP contribution in [0, 0.1) is 12.7 Å². The van der Waals surface area contributed by atoms with Crippen molar-refractivity contribution in [2.24, 2.45) is 0 Å². The van der Waals surface area contributed by atoms with Gasteiger partial charge in [-0.1, -0.05) is 12.1 Å². The number of nitrogens with zero attached hydrogens (tertiary/aromatic N) is 1. The van der Waals surface area contributed by atoms with Gasteiger partial charge in [0.15, 0.2) is 5.13 Å². The maximum absolute atomic E-state index is 13.6. The maximum atomic E-state index is 13.6. The summed E-state index contributed by atoms with van der Waals surface area (Å²) >= 11 is 1.31. The fourth-order valence-corrected chi connectivity index (χ4v) is 1.82. The van der Waals surface area contributed by atoms with Gasteiger partial charge in [0.05, 0.1) is 5.69 Å². The van der Waals surface area contributed by atoms with Crippen LogP contribution in [-0.2, 0) is 0 Å². The summed E-state index contributed by atoms with van der Waals surface area (Å²) in [4.78, 5) is 4.04. The summed E-state index contributed by atoms with van der Waals surface area (Å²) in [7, 11) is 0. The third kappa shape index (κ3) is 1.48. The molecule has 0 saturated carbocycles. The van der Waals surface area contributed by atoms with Crippen LogP contribution in [0.5, 0.6) is 0 Å². The van der Waals surface area contributed by atoms with E-state index in [-0.39, 0.29) is 5.82 Å². The van der Waals surface area contributed by atoms with Gasteiger partial charge in [-0.25, -0.2) is 9.37 Å². The van der Waals surface area contributed by atoms with Crippen LogP contribution in [0.1, 0.15) is 5.56 Å². The molecule has 0 radical (unpaired) electrons. The number of nitrogen functional groups attached to an aromatic ring is 1. The van der Waals surface area contributed by atoms with Crippen LogP contribution in [0.2, 0.25) is 0 Å². The highest BCUT2D eigenvalue weighted by Gasteiger charge is 2.09. The van der Waals surface area contributed by atoms with E-state index in [0.717, 1.165) is 0 Å². The van der Waals surface area contributed by atoms with Gasteiger partial charge in [-0.3, -0.25) is 0 Å². The quantitative estimate of drug-likeness (QED) is 0.782. The molecule has 2 nitrogen and oxygen atoms in total. The average Bonchev–Trinajstić information content (AvgIpc) is 2.57. The first-order valence-corrected chi connectivity index (χ1v) is 5.03. The summed E-state index contributed by atoms with van der Waals surface area (Å²) in [5.41, 5.74) is 7.23. The number of rotatable bonds is 1. The molecule has 1 aromatic heterocycles. The fourth-order valence-electron chi connectivity index (χ4n) is 1.26. The molecule has 0 aliphatic carbocycles. The van der Waals surface area contributed by atoms with Crippen LogP contribution in [0.3, 0.4) is 0 Å². The molecule has 2 rings (SSSR count). The van der Waals surface area contributed by atoms with Crippen LogP contribution in [0.4, 0.5) is 9.52 Å². The van der Waals surface area contributed by atoms with Crippen molar-refractivity contribution in [1.82, 2.24) is 4.98 Å². The summed E-state index contributed by atoms with van der Waals surface area (Å²) in [6.45, 7) is 1.73. The molecule has 72 valence electrons. The molecule has 0 amide bonds. The molecule has 4 heteroatoms. The molecule has 2 aromatic rings. The first kappa shape index (κ1) is 9.15. The Kier molecular flexibility index (Phi) is 2.21. The minimum absolute atomic E-state index is 0.224. The molecule has 0 atom stereocenters. The third-order valence-corrected chi connectivity index (χ3v) is 2.66. The normalized spacial score (nSPS) is 10.4. The number of hydrogen-bond donors (Lipinski definition) is 1. The molecule has 0 bridgehead atoms. The highest BCUT2D eigenvalue weighted by molar-refractivity contribution is 7.13. The van der Waals surface area contributed by atoms with Gasteiger partial charge in [-0.2, -0.15) is 0 Å². The van der Waals surface area contributed by atoms with Gasteiger partial charge in [-0.05, 0) is 18.6 Å². The predicted octanol–water partition coefficient (Wildman–Crippen LogP) is 2.84. The Labute approximate surface area is 85.2 Å². The summed E-state index contributed by atoms with van der Waals surface area (Å²) in [5, 5.41) is 2.22. The molecule has 14 heavy (non-hydrogen) atoms. The molecular weight excluding hydrogens is 199 g/mol. The number of hydrogen-bond acceptors (Lipinski definition) is 3. The Bertz CT molecular complexity index is 465. The van der Waals surface area contributed by atoms with Gasteiger partial charge >= 0.3 is 0 Å². The molecule has 2 N–H and O–H groups in total. The number of halogens is 1. The highest BCUT2D eigenvalue weighted by Crippen LogP contribution is 2.26. The van der Waals surface area contributed by atoms with Gasteiger partial charge < -0.3 is 5.73 Å². The molecule has 0 aliphatic rings. The molecule has 0 fully saturated rings. The second kappa shape index (κ2) is 3.38. The van der Waals surface area contributed by atoms with Crippen LogP contribution >= 0.6 is 11.3 Å². The predicted molar refractivity (Wildman–Crippen MR) is 56.7 cm³/mol. The molecule has 1 aromatic carbocycles. The number of benzene rings is 1. The van der Waals surface area contributed by atoms with E-state index in [1.807, 2.05) is 6.07 Å². The van der Waals surface area contributed by atoms with E-state index < -0.39 is 0 Å². The standard InChI is InChI=1S/C10H9FN2S/c1-6-3-2-4-7(9(6)11)8-5-14-10(12)13-8/h2-5H,1H3,(H2,12,13). The highest BCUT2D eigenvalue weighted by atomic mass is 32.1. The summed E-state index contributed by atoms with van der Waals surface area (Å²) in [6, 6.07) is 5.24. The van der Waals surface area contributed by atoms with Gasteiger partial charge in [0, 0.05) is 10.9 Å². The van der Waals surface area contributed by atoms with Gasteiger partial charge in [0.25, 0.3) is 0 Å². The second-order valence-electron chi connectivity index (χ2n) is 3.01. The topological polar surface area (TPSA) is 38.9 Å². The molecule has 0 saturated heterocycles. The molecular formula is C10H9FN2S. The summed E-state index contributed by atoms with van der Waals surface area (Å²) < 4.78 is 13.6. The van der Waals surface area contributed by atoms with E-state index in [1.54, 1.807) is 24.4 Å². The lowest BCUT2D eigenvalue weighted by Crippen LogP contribution is -1.89. The zero-order chi connectivity index (χ0) is 10.1. The Morgan fingerprint density at radius 1 is 1.43 bits per heavy atom. The Morgan fingerprint density at radius 2 is 2.21 bits per heavy atom. The number of nitrogens with two attached hydrogens (primary N) is 1. The minimum atomic E-state index is -0.224. The first-order valence-electron chi connectivity index (χ1n) is 4.15. The third-order valence-electron chi connectivity index (χ3n) is 1.99. The number of aryl methyl sites for hydroxylation is 1. The lowest BCUT2D eigenvalue weighted by molar-refractivity contribution is 0.621. The Morgan fingerprint density at radius 3 is 2.86 bits per heavy atom. The monoisotopic (exact) mass is 208 g/mol. The lowest BCUT2D eigenvalue weighted by atomic mass is 10.1. The fraction of sp³-hybridized carbons (Fsp3) is 0.100. The number of thiazole rings is 1. The van der Waals surface area contributed by atoms with E-state index in [2.05, 4.69) is 4.98 Å². The maximum Gasteiger partial charge on any atom is 0.180 e. The van der Waals surface area contributed by atoms with Crippen molar-refractivity contribution in [2.75, 3.05) is 5.73 Å². The zero-order valence-electron chi connectivity index (χ0n) is 7.62. The van der Waals surface area contributed by atoms with Crippen LogP contribution in [0.15, 0.2) is 23.6 Å². The smallest absolute Gasteiger partial charge is 0.180 e. The number of anilines is 1. The first-order chi connectivity index (χ1) is 6.68. The van der Waals surface area contributed by atoms with Crippen molar-refractivity contribution in [3.63, 3.8) is 0 Å². The molecule has 0 aliphatic heterocycles. The van der Waals surface area contributed by atoms with Crippen LogP contribution in [-0.4, -0.2) is 4.98 Å². The van der Waals surface area contributed by atoms with Crippen molar-refractivity contribution >= 4 is 16.5 Å². The van der Waals surface area contributed by atoms with Gasteiger partial charge in [0.1, 0.15) is 5.82 Å². The molecule has 1 heterocycles. The number of aromatic nitrogens is 1. The Balaban J connectivity index is 2.57. The van der Waals surface area contributed by atoms with Crippen molar-refractivity contribution < 1.29 is 4.39 Å². The largest absolute Gasteiger partial charge is 0.375 e. The van der Waals surface area contributed by atoms with Crippen LogP contribution < -0.4 is 5.73 Å². The zero-order valence-corrected chi connectivity index (χ0v) is 8.44. The van der Waals surface area contributed by atoms with E-state index in [9.17, 15) is 4.39 Å². The Hall–Kier alpha value is -1.42. The summed E-state index contributed by atoms with van der Waals surface area (Å²) in [5.74, 6) is -0.224. The van der Waals surface area contributed by atoms with Gasteiger partial charge in [0.2, 0.25) is 0 Å².